The summed E-state index contributed by atoms with van der Waals surface area (Å²) in [7, 11) is 0. The zero-order valence-electron chi connectivity index (χ0n) is 12.2. The molecule has 120 valence electrons. The third-order valence-electron chi connectivity index (χ3n) is 3.65. The van der Waals surface area contributed by atoms with Crippen molar-refractivity contribution in [2.75, 3.05) is 0 Å². The molecule has 1 aromatic carbocycles. The number of nitrogens with zero attached hydrogens (tertiary/aromatic N) is 4. The van der Waals surface area contributed by atoms with Gasteiger partial charge in [0, 0.05) is 11.0 Å². The molecule has 0 radical (unpaired) electrons. The summed E-state index contributed by atoms with van der Waals surface area (Å²) in [6, 6.07) is 3.79. The van der Waals surface area contributed by atoms with E-state index in [1.807, 2.05) is 0 Å². The Morgan fingerprint density at radius 1 is 1.00 bits per heavy atom. The number of hydrogen-bond donors (Lipinski definition) is 0. The molecule has 0 spiro atoms. The molecule has 1 heterocycles. The second-order valence-corrected chi connectivity index (χ2v) is 5.00. The van der Waals surface area contributed by atoms with Crippen LogP contribution in [0.25, 0.3) is 0 Å². The Morgan fingerprint density at radius 3 is 2.13 bits per heavy atom. The van der Waals surface area contributed by atoms with E-state index in [0.717, 1.165) is 0 Å². The van der Waals surface area contributed by atoms with Gasteiger partial charge in [0.1, 0.15) is 5.70 Å². The Morgan fingerprint density at radius 2 is 1.61 bits per heavy atom. The van der Waals surface area contributed by atoms with Crippen LogP contribution in [0.4, 0.5) is 5.69 Å². The van der Waals surface area contributed by atoms with Crippen molar-refractivity contribution in [3.05, 3.63) is 71.6 Å². The largest absolute Gasteiger partial charge is 0.282 e. The number of benzene rings is 1. The molecule has 0 saturated heterocycles. The SMILES string of the molecule is CC1=NC(C)=C([N+](=O)[O-])C(c2ccccc2[N+](=O)[O-])C1[N+](=O)[O-]. The highest BCUT2D eigenvalue weighted by Crippen LogP contribution is 2.40. The van der Waals surface area contributed by atoms with E-state index in [1.54, 1.807) is 0 Å². The number of allylic oxidation sites excluding steroid dienone is 1. The average molecular weight is 320 g/mol. The van der Waals surface area contributed by atoms with E-state index in [1.165, 1.54) is 38.1 Å². The van der Waals surface area contributed by atoms with E-state index in [4.69, 9.17) is 0 Å². The minimum atomic E-state index is -1.53. The van der Waals surface area contributed by atoms with Crippen LogP contribution >= 0.6 is 0 Å². The number of aliphatic imine (C=N–C) groups is 1. The molecule has 1 aromatic rings. The third-order valence-corrected chi connectivity index (χ3v) is 3.65. The average Bonchev–Trinajstić information content (AvgIpc) is 2.45. The molecule has 0 saturated carbocycles. The second kappa shape index (κ2) is 5.91. The fourth-order valence-corrected chi connectivity index (χ4v) is 2.76. The zero-order chi connectivity index (χ0) is 17.3. The smallest absolute Gasteiger partial charge is 0.264 e. The molecular weight excluding hydrogens is 308 g/mol. The van der Waals surface area contributed by atoms with Gasteiger partial charge >= 0.3 is 0 Å². The molecule has 0 bridgehead atoms. The summed E-state index contributed by atoms with van der Waals surface area (Å²) in [5, 5.41) is 34.0. The van der Waals surface area contributed by atoms with Gasteiger partial charge in [0.2, 0.25) is 0 Å². The lowest BCUT2D eigenvalue weighted by atomic mass is 9.83. The molecule has 10 nitrogen and oxygen atoms in total. The van der Waals surface area contributed by atoms with Gasteiger partial charge in [-0.1, -0.05) is 18.2 Å². The summed E-state index contributed by atoms with van der Waals surface area (Å²) in [6.45, 7) is 2.75. The standard InChI is InChI=1S/C13H12N4O6/c1-7-12(16(20)21)11(13(17(22)23)8(2)14-7)9-5-3-4-6-10(9)15(18)19/h3-6,11-12H,1-2H3. The van der Waals surface area contributed by atoms with Crippen molar-refractivity contribution >= 4 is 11.4 Å². The lowest BCUT2D eigenvalue weighted by Gasteiger charge is -2.23. The van der Waals surface area contributed by atoms with Gasteiger partial charge in [-0.3, -0.25) is 30.3 Å². The Balaban J connectivity index is 2.78. The maximum atomic E-state index is 11.4. The van der Waals surface area contributed by atoms with Crippen LogP contribution in [0, 0.1) is 30.3 Å². The fraction of sp³-hybridized carbons (Fsp3) is 0.308. The Kier molecular flexibility index (Phi) is 4.16. The first-order valence-electron chi connectivity index (χ1n) is 6.52. The highest BCUT2D eigenvalue weighted by atomic mass is 16.6. The summed E-state index contributed by atoms with van der Waals surface area (Å²) in [5.41, 5.74) is -0.882. The summed E-state index contributed by atoms with van der Waals surface area (Å²) in [5.74, 6) is -1.38. The quantitative estimate of drug-likeness (QED) is 0.615. The van der Waals surface area contributed by atoms with E-state index in [2.05, 4.69) is 4.99 Å². The first-order valence-corrected chi connectivity index (χ1v) is 6.52. The molecule has 1 aliphatic rings. The molecule has 23 heavy (non-hydrogen) atoms. The summed E-state index contributed by atoms with van der Waals surface area (Å²) < 4.78 is 0. The number of hydrogen-bond acceptors (Lipinski definition) is 7. The maximum absolute atomic E-state index is 11.4. The molecule has 0 aromatic heterocycles. The first kappa shape index (κ1) is 16.2. The molecule has 10 heteroatoms. The molecule has 0 fully saturated rings. The van der Waals surface area contributed by atoms with E-state index < -0.39 is 38.1 Å². The maximum Gasteiger partial charge on any atom is 0.282 e. The van der Waals surface area contributed by atoms with Gasteiger partial charge in [-0.25, -0.2) is 4.99 Å². The molecule has 0 N–H and O–H groups in total. The van der Waals surface area contributed by atoms with Gasteiger partial charge in [-0.05, 0) is 13.8 Å². The Bertz CT molecular complexity index is 769. The Labute approximate surface area is 129 Å². The summed E-state index contributed by atoms with van der Waals surface area (Å²) in [6.07, 6.45) is 0. The summed E-state index contributed by atoms with van der Waals surface area (Å²) in [4.78, 5) is 35.7. The molecule has 2 unspecified atom stereocenters. The minimum absolute atomic E-state index is 0.00810. The molecule has 2 atom stereocenters. The number of rotatable bonds is 4. The van der Waals surface area contributed by atoms with E-state index in [-0.39, 0.29) is 17.0 Å². The van der Waals surface area contributed by atoms with Crippen molar-refractivity contribution in [3.8, 4) is 0 Å². The van der Waals surface area contributed by atoms with Crippen LogP contribution in [-0.4, -0.2) is 26.5 Å². The number of para-hydroxylation sites is 1. The van der Waals surface area contributed by atoms with Crippen molar-refractivity contribution in [1.29, 1.82) is 0 Å². The van der Waals surface area contributed by atoms with Crippen LogP contribution in [0.3, 0.4) is 0 Å². The summed E-state index contributed by atoms with van der Waals surface area (Å²) >= 11 is 0. The van der Waals surface area contributed by atoms with Gasteiger partial charge in [-0.15, -0.1) is 0 Å². The third kappa shape index (κ3) is 2.78. The second-order valence-electron chi connectivity index (χ2n) is 5.00. The van der Waals surface area contributed by atoms with Crippen LogP contribution in [-0.2, 0) is 0 Å². The minimum Gasteiger partial charge on any atom is -0.264 e. The predicted octanol–water partition coefficient (Wildman–Crippen LogP) is 2.31. The lowest BCUT2D eigenvalue weighted by molar-refractivity contribution is -0.517. The molecular formula is C13H12N4O6. The Hall–Kier alpha value is -3.17. The predicted molar refractivity (Wildman–Crippen MR) is 79.4 cm³/mol. The lowest BCUT2D eigenvalue weighted by Crippen LogP contribution is -2.39. The fourth-order valence-electron chi connectivity index (χ4n) is 2.76. The topological polar surface area (TPSA) is 142 Å². The van der Waals surface area contributed by atoms with Crippen molar-refractivity contribution < 1.29 is 14.8 Å². The first-order chi connectivity index (χ1) is 10.8. The van der Waals surface area contributed by atoms with Crippen LogP contribution in [0.15, 0.2) is 40.7 Å². The van der Waals surface area contributed by atoms with Crippen molar-refractivity contribution in [1.82, 2.24) is 0 Å². The van der Waals surface area contributed by atoms with Crippen LogP contribution in [0.5, 0.6) is 0 Å². The van der Waals surface area contributed by atoms with E-state index in [0.29, 0.717) is 0 Å². The van der Waals surface area contributed by atoms with E-state index >= 15 is 0 Å². The zero-order valence-corrected chi connectivity index (χ0v) is 12.2. The molecule has 2 rings (SSSR count). The monoisotopic (exact) mass is 320 g/mol. The molecule has 1 aliphatic heterocycles. The normalized spacial score (nSPS) is 20.9. The van der Waals surface area contributed by atoms with Gasteiger partial charge < -0.3 is 0 Å². The van der Waals surface area contributed by atoms with Crippen LogP contribution in [0.2, 0.25) is 0 Å². The highest BCUT2D eigenvalue weighted by Gasteiger charge is 2.49. The van der Waals surface area contributed by atoms with Gasteiger partial charge in [-0.2, -0.15) is 0 Å². The van der Waals surface area contributed by atoms with Gasteiger partial charge in [0.05, 0.1) is 21.1 Å². The highest BCUT2D eigenvalue weighted by molar-refractivity contribution is 5.89. The van der Waals surface area contributed by atoms with E-state index in [9.17, 15) is 30.3 Å². The number of nitro groups is 3. The molecule has 0 amide bonds. The number of nitro benzene ring substituents is 1. The van der Waals surface area contributed by atoms with Gasteiger partial charge in [0.25, 0.3) is 17.4 Å². The molecule has 0 aliphatic carbocycles. The van der Waals surface area contributed by atoms with Crippen molar-refractivity contribution in [2.24, 2.45) is 4.99 Å². The van der Waals surface area contributed by atoms with Crippen molar-refractivity contribution in [3.63, 3.8) is 0 Å². The van der Waals surface area contributed by atoms with Crippen molar-refractivity contribution in [2.45, 2.75) is 25.8 Å². The van der Waals surface area contributed by atoms with Crippen LogP contribution < -0.4 is 0 Å². The van der Waals surface area contributed by atoms with Crippen LogP contribution in [0.1, 0.15) is 25.3 Å². The van der Waals surface area contributed by atoms with Gasteiger partial charge in [0.15, 0.2) is 5.92 Å².